The first-order valence-corrected chi connectivity index (χ1v) is 19.4. The first kappa shape index (κ1) is 48.8. The van der Waals surface area contributed by atoms with Crippen molar-refractivity contribution in [1.29, 1.82) is 0 Å². The van der Waals surface area contributed by atoms with E-state index in [0.717, 1.165) is 0 Å². The zero-order chi connectivity index (χ0) is 42.8. The molecule has 0 N–H and O–H groups in total. The molecule has 6 aromatic rings. The topological polar surface area (TPSA) is 0 Å². The average Bonchev–Trinajstić information content (AvgIpc) is 3.21. The van der Waals surface area contributed by atoms with E-state index >= 15 is 0 Å². The fraction of sp³-hybridized carbons (Fsp3) is 0.158. The van der Waals surface area contributed by atoms with Crippen LogP contribution in [-0.4, -0.2) is 0 Å². The molecule has 0 saturated carbocycles. The Bertz CT molecular complexity index is 2150. The van der Waals surface area contributed by atoms with E-state index in [2.05, 4.69) is 205 Å². The maximum atomic E-state index is 3.75. The van der Waals surface area contributed by atoms with Crippen LogP contribution in [0.25, 0.3) is 36.5 Å². The molecular formula is C57H66. The number of aryl methyl sites for hydroxylation is 8. The zero-order valence-electron chi connectivity index (χ0n) is 36.3. The lowest BCUT2D eigenvalue weighted by Gasteiger charge is -2.02. The van der Waals surface area contributed by atoms with Crippen molar-refractivity contribution in [1.82, 2.24) is 0 Å². The smallest absolute Gasteiger partial charge is 0.0204 e. The molecule has 0 spiro atoms. The van der Waals surface area contributed by atoms with Crippen molar-refractivity contribution >= 4 is 36.5 Å². The highest BCUT2D eigenvalue weighted by atomic mass is 14.0. The molecule has 0 aromatic heterocycles. The summed E-state index contributed by atoms with van der Waals surface area (Å²) in [5, 5.41) is 0. The van der Waals surface area contributed by atoms with Gasteiger partial charge >= 0.3 is 0 Å². The second kappa shape index (κ2) is 27.4. The van der Waals surface area contributed by atoms with Crippen molar-refractivity contribution in [2.45, 2.75) is 62.3 Å². The zero-order valence-corrected chi connectivity index (χ0v) is 36.3. The van der Waals surface area contributed by atoms with Gasteiger partial charge in [-0.3, -0.25) is 0 Å². The van der Waals surface area contributed by atoms with Crippen molar-refractivity contribution in [3.8, 4) is 0 Å². The quantitative estimate of drug-likeness (QED) is 0.159. The third-order valence-electron chi connectivity index (χ3n) is 9.26. The van der Waals surface area contributed by atoms with Gasteiger partial charge in [0.15, 0.2) is 0 Å². The maximum absolute atomic E-state index is 3.75. The van der Waals surface area contributed by atoms with Crippen molar-refractivity contribution in [2.75, 3.05) is 0 Å². The molecule has 294 valence electrons. The van der Waals surface area contributed by atoms with Gasteiger partial charge in [-0.25, -0.2) is 0 Å². The molecule has 0 atom stereocenters. The summed E-state index contributed by atoms with van der Waals surface area (Å²) in [5.74, 6) is 0. The molecule has 0 fully saturated rings. The minimum absolute atomic E-state index is 1.18. The summed E-state index contributed by atoms with van der Waals surface area (Å²) in [7, 11) is 0. The van der Waals surface area contributed by atoms with Crippen molar-refractivity contribution in [3.63, 3.8) is 0 Å². The molecule has 0 aliphatic carbocycles. The van der Waals surface area contributed by atoms with Crippen LogP contribution in [0.15, 0.2) is 167 Å². The van der Waals surface area contributed by atoms with Gasteiger partial charge in [0.2, 0.25) is 0 Å². The molecule has 0 unspecified atom stereocenters. The third kappa shape index (κ3) is 18.8. The van der Waals surface area contributed by atoms with Crippen molar-refractivity contribution in [2.24, 2.45) is 0 Å². The van der Waals surface area contributed by atoms with E-state index in [9.17, 15) is 0 Å². The minimum Gasteiger partial charge on any atom is -0.0985 e. The summed E-state index contributed by atoms with van der Waals surface area (Å²) >= 11 is 0. The molecule has 0 amide bonds. The molecule has 0 aliphatic heterocycles. The van der Waals surface area contributed by atoms with Gasteiger partial charge in [0.1, 0.15) is 0 Å². The van der Waals surface area contributed by atoms with Crippen molar-refractivity contribution in [3.05, 3.63) is 250 Å². The summed E-state index contributed by atoms with van der Waals surface area (Å²) in [4.78, 5) is 0. The molecule has 0 saturated heterocycles. The number of hydrogen-bond acceptors (Lipinski definition) is 0. The Labute approximate surface area is 347 Å². The summed E-state index contributed by atoms with van der Waals surface area (Å²) in [5.41, 5.74) is 19.1. The molecule has 57 heavy (non-hydrogen) atoms. The highest BCUT2D eigenvalue weighted by Crippen LogP contribution is 2.15. The Morgan fingerprint density at radius 1 is 0.298 bits per heavy atom. The van der Waals surface area contributed by atoms with Crippen LogP contribution >= 0.6 is 0 Å². The van der Waals surface area contributed by atoms with E-state index in [4.69, 9.17) is 0 Å². The van der Waals surface area contributed by atoms with Crippen LogP contribution in [0.2, 0.25) is 0 Å². The number of hydrogen-bond donors (Lipinski definition) is 0. The van der Waals surface area contributed by atoms with Crippen LogP contribution in [0.5, 0.6) is 0 Å². The van der Waals surface area contributed by atoms with Gasteiger partial charge < -0.3 is 0 Å². The average molecular weight is 751 g/mol. The van der Waals surface area contributed by atoms with Gasteiger partial charge in [0.25, 0.3) is 0 Å². The van der Waals surface area contributed by atoms with Gasteiger partial charge in [0, 0.05) is 0 Å². The van der Waals surface area contributed by atoms with Gasteiger partial charge in [-0.05, 0) is 129 Å². The molecule has 6 rings (SSSR count). The molecular weight excluding hydrogens is 685 g/mol. The predicted molar refractivity (Wildman–Crippen MR) is 262 cm³/mol. The second-order valence-corrected chi connectivity index (χ2v) is 13.9. The van der Waals surface area contributed by atoms with Crippen LogP contribution in [-0.2, 0) is 0 Å². The van der Waals surface area contributed by atoms with Gasteiger partial charge in [-0.2, -0.15) is 0 Å². The van der Waals surface area contributed by atoms with Crippen molar-refractivity contribution < 1.29 is 0 Å². The van der Waals surface area contributed by atoms with Crippen LogP contribution in [0.4, 0.5) is 0 Å². The Morgan fingerprint density at radius 3 is 1.19 bits per heavy atom. The Kier molecular flexibility index (Phi) is 23.4. The Morgan fingerprint density at radius 2 is 0.754 bits per heavy atom. The first-order valence-electron chi connectivity index (χ1n) is 19.4. The summed E-state index contributed by atoms with van der Waals surface area (Å²) < 4.78 is 0. The van der Waals surface area contributed by atoms with Crippen LogP contribution in [0, 0.1) is 62.3 Å². The summed E-state index contributed by atoms with van der Waals surface area (Å²) in [6, 6.07) is 43.6. The fourth-order valence-corrected chi connectivity index (χ4v) is 5.51. The normalized spacial score (nSPS) is 9.21. The molecule has 6 aromatic carbocycles. The Balaban J connectivity index is 0.000000342. The lowest BCUT2D eigenvalue weighted by atomic mass is 10.0. The monoisotopic (exact) mass is 751 g/mol. The predicted octanol–water partition coefficient (Wildman–Crippen LogP) is 16.8. The van der Waals surface area contributed by atoms with E-state index < -0.39 is 0 Å². The van der Waals surface area contributed by atoms with E-state index in [1.165, 1.54) is 83.5 Å². The number of rotatable bonds is 6. The minimum atomic E-state index is 1.18. The van der Waals surface area contributed by atoms with Crippen LogP contribution in [0.1, 0.15) is 83.5 Å². The fourth-order valence-electron chi connectivity index (χ4n) is 5.51. The van der Waals surface area contributed by atoms with E-state index in [1.807, 2.05) is 60.7 Å². The molecule has 0 bridgehead atoms. The van der Waals surface area contributed by atoms with Crippen LogP contribution < -0.4 is 0 Å². The molecule has 0 nitrogen and oxygen atoms in total. The summed E-state index contributed by atoms with van der Waals surface area (Å²) in [6.07, 6.45) is 11.3. The molecule has 0 radical (unpaired) electrons. The van der Waals surface area contributed by atoms with Gasteiger partial charge in [-0.1, -0.05) is 220 Å². The number of benzene rings is 6. The Hall–Kier alpha value is -6.24. The van der Waals surface area contributed by atoms with Gasteiger partial charge in [0.05, 0.1) is 0 Å². The molecule has 0 heteroatoms. The largest absolute Gasteiger partial charge is 0.0985 e. The molecule has 0 heterocycles. The lowest BCUT2D eigenvalue weighted by molar-refractivity contribution is 1.33. The van der Waals surface area contributed by atoms with E-state index in [-0.39, 0.29) is 0 Å². The lowest BCUT2D eigenvalue weighted by Crippen LogP contribution is -1.83. The van der Waals surface area contributed by atoms with Crippen LogP contribution in [0.3, 0.4) is 0 Å². The highest BCUT2D eigenvalue weighted by Gasteiger charge is 1.95. The molecule has 0 aliphatic rings. The maximum Gasteiger partial charge on any atom is -0.0204 e. The summed E-state index contributed by atoms with van der Waals surface area (Å²) in [6.45, 7) is 41.1. The second-order valence-electron chi connectivity index (χ2n) is 13.9. The highest BCUT2D eigenvalue weighted by molar-refractivity contribution is 5.56. The standard InChI is InChI=1S/3C10H12.3C9H10/c1-4-10-6-5-8(2)7-9(10)3;1-4-10-7-5-6-8(2)9(10)3;1-4-10-8(2)6-5-7-9(10)3;1-3-9-6-4-8(2)5-7-9;1-3-9-6-4-5-8(2)7-9;1-3-9-7-5-4-6-8(9)2/h3*4-7H,1H2,2-3H3;3*3-7H,1H2,2H3. The van der Waals surface area contributed by atoms with E-state index in [0.29, 0.717) is 0 Å². The SMILES string of the molecule is C=Cc1c(C)cccc1C.C=Cc1ccc(C)cc1.C=Cc1ccc(C)cc1C.C=Cc1cccc(C)c1.C=Cc1cccc(C)c1C.C=Cc1ccccc1C. The first-order chi connectivity index (χ1) is 27.2. The third-order valence-corrected chi connectivity index (χ3v) is 9.26. The van der Waals surface area contributed by atoms with Gasteiger partial charge in [-0.15, -0.1) is 0 Å². The van der Waals surface area contributed by atoms with E-state index in [1.54, 1.807) is 0 Å².